The van der Waals surface area contributed by atoms with Gasteiger partial charge in [0.15, 0.2) is 0 Å². The van der Waals surface area contributed by atoms with Gasteiger partial charge in [-0.1, -0.05) is 0 Å². The number of hydrazine groups is 2. The standard InChI is InChI=1S/C4H7N5/c5-9-8-4-6-2-1-3-7-4/h1-3,9H,5H2,(H,6,7,8). The molecule has 1 heterocycles. The summed E-state index contributed by atoms with van der Waals surface area (Å²) in [5.74, 6) is 5.38. The maximum absolute atomic E-state index is 4.92. The molecular weight excluding hydrogens is 118 g/mol. The molecule has 0 saturated heterocycles. The molecule has 48 valence electrons. The molecule has 0 aliphatic carbocycles. The lowest BCUT2D eigenvalue weighted by molar-refractivity contribution is 0.850. The highest BCUT2D eigenvalue weighted by molar-refractivity contribution is 5.18. The Morgan fingerprint density at radius 1 is 1.33 bits per heavy atom. The summed E-state index contributed by atoms with van der Waals surface area (Å²) >= 11 is 0. The highest BCUT2D eigenvalue weighted by Gasteiger charge is 1.84. The lowest BCUT2D eigenvalue weighted by atomic mass is 10.7. The van der Waals surface area contributed by atoms with Crippen LogP contribution in [0.5, 0.6) is 0 Å². The van der Waals surface area contributed by atoms with Crippen LogP contribution >= 0.6 is 0 Å². The summed E-state index contributed by atoms with van der Waals surface area (Å²) in [6, 6.07) is 1.72. The van der Waals surface area contributed by atoms with Crippen molar-refractivity contribution in [3.63, 3.8) is 0 Å². The number of rotatable bonds is 2. The molecule has 4 N–H and O–H groups in total. The number of nitrogens with one attached hydrogen (secondary N) is 2. The minimum absolute atomic E-state index is 0.458. The molecule has 5 nitrogen and oxygen atoms in total. The fourth-order valence-electron chi connectivity index (χ4n) is 0.428. The summed E-state index contributed by atoms with van der Waals surface area (Å²) in [7, 11) is 0. The number of nitrogens with zero attached hydrogens (tertiary/aromatic N) is 2. The quantitative estimate of drug-likeness (QED) is 0.359. The number of hydrogen-bond acceptors (Lipinski definition) is 5. The van der Waals surface area contributed by atoms with Crippen molar-refractivity contribution in [1.82, 2.24) is 15.5 Å². The minimum atomic E-state index is 0.458. The first-order valence-corrected chi connectivity index (χ1v) is 2.42. The van der Waals surface area contributed by atoms with Gasteiger partial charge in [0.05, 0.1) is 0 Å². The molecule has 0 fully saturated rings. The maximum atomic E-state index is 4.92. The third-order valence-corrected chi connectivity index (χ3v) is 0.750. The number of anilines is 1. The SMILES string of the molecule is NNNc1ncccn1. The molecular formula is C4H7N5. The van der Waals surface area contributed by atoms with Gasteiger partial charge < -0.3 is 0 Å². The van der Waals surface area contributed by atoms with Crippen molar-refractivity contribution in [3.8, 4) is 0 Å². The van der Waals surface area contributed by atoms with E-state index in [1.807, 2.05) is 0 Å². The van der Waals surface area contributed by atoms with Gasteiger partial charge in [0.2, 0.25) is 5.95 Å². The summed E-state index contributed by atoms with van der Waals surface area (Å²) in [6.07, 6.45) is 3.24. The van der Waals surface area contributed by atoms with Gasteiger partial charge in [-0.15, -0.1) is 0 Å². The Labute approximate surface area is 52.3 Å². The highest BCUT2D eigenvalue weighted by atomic mass is 15.5. The highest BCUT2D eigenvalue weighted by Crippen LogP contribution is 1.88. The van der Waals surface area contributed by atoms with Crippen molar-refractivity contribution < 1.29 is 0 Å². The van der Waals surface area contributed by atoms with Crippen LogP contribution in [0.15, 0.2) is 18.5 Å². The van der Waals surface area contributed by atoms with E-state index in [2.05, 4.69) is 20.9 Å². The van der Waals surface area contributed by atoms with Crippen LogP contribution in [0, 0.1) is 0 Å². The molecule has 0 aliphatic rings. The maximum Gasteiger partial charge on any atom is 0.238 e. The normalized spacial score (nSPS) is 9.00. The Morgan fingerprint density at radius 2 is 2.00 bits per heavy atom. The van der Waals surface area contributed by atoms with Crippen LogP contribution in [-0.2, 0) is 0 Å². The van der Waals surface area contributed by atoms with E-state index in [0.29, 0.717) is 5.95 Å². The summed E-state index contributed by atoms with van der Waals surface area (Å²) in [5.41, 5.74) is 4.72. The molecule has 1 aromatic rings. The van der Waals surface area contributed by atoms with E-state index < -0.39 is 0 Å². The molecule has 0 bridgehead atoms. The largest absolute Gasteiger partial charge is 0.276 e. The van der Waals surface area contributed by atoms with Crippen molar-refractivity contribution in [2.75, 3.05) is 5.43 Å². The van der Waals surface area contributed by atoms with E-state index in [4.69, 9.17) is 5.84 Å². The third kappa shape index (κ3) is 1.63. The van der Waals surface area contributed by atoms with Gasteiger partial charge in [-0.2, -0.15) is 5.53 Å². The lowest BCUT2D eigenvalue weighted by Gasteiger charge is -1.97. The molecule has 9 heavy (non-hydrogen) atoms. The second-order valence-electron chi connectivity index (χ2n) is 1.34. The van der Waals surface area contributed by atoms with E-state index in [1.54, 1.807) is 18.5 Å². The van der Waals surface area contributed by atoms with Gasteiger partial charge in [0.1, 0.15) is 0 Å². The van der Waals surface area contributed by atoms with E-state index in [-0.39, 0.29) is 0 Å². The van der Waals surface area contributed by atoms with Gasteiger partial charge in [-0.25, -0.2) is 9.97 Å². The molecule has 0 radical (unpaired) electrons. The van der Waals surface area contributed by atoms with Crippen LogP contribution in [0.3, 0.4) is 0 Å². The Balaban J connectivity index is 2.61. The second-order valence-corrected chi connectivity index (χ2v) is 1.34. The average molecular weight is 125 g/mol. The molecule has 0 saturated carbocycles. The van der Waals surface area contributed by atoms with Crippen molar-refractivity contribution >= 4 is 5.95 Å². The van der Waals surface area contributed by atoms with Crippen molar-refractivity contribution in [1.29, 1.82) is 0 Å². The molecule has 0 spiro atoms. The molecule has 1 aromatic heterocycles. The zero-order valence-corrected chi connectivity index (χ0v) is 4.70. The van der Waals surface area contributed by atoms with Crippen molar-refractivity contribution in [2.24, 2.45) is 5.84 Å². The first-order valence-electron chi connectivity index (χ1n) is 2.42. The predicted molar refractivity (Wildman–Crippen MR) is 33.0 cm³/mol. The van der Waals surface area contributed by atoms with E-state index in [0.717, 1.165) is 0 Å². The molecule has 0 atom stereocenters. The molecule has 0 unspecified atom stereocenters. The summed E-state index contributed by atoms with van der Waals surface area (Å²) in [5, 5.41) is 0. The van der Waals surface area contributed by atoms with Crippen LogP contribution in [-0.4, -0.2) is 9.97 Å². The van der Waals surface area contributed by atoms with Crippen molar-refractivity contribution in [3.05, 3.63) is 18.5 Å². The van der Waals surface area contributed by atoms with Crippen LogP contribution in [0.4, 0.5) is 5.95 Å². The first kappa shape index (κ1) is 5.93. The van der Waals surface area contributed by atoms with Crippen LogP contribution in [0.25, 0.3) is 0 Å². The predicted octanol–water partition coefficient (Wildman–Crippen LogP) is -0.733. The summed E-state index contributed by atoms with van der Waals surface area (Å²) in [6.45, 7) is 0. The topological polar surface area (TPSA) is 75.9 Å². The average Bonchev–Trinajstić information content (AvgIpc) is 1.91. The summed E-state index contributed by atoms with van der Waals surface area (Å²) in [4.78, 5) is 7.61. The minimum Gasteiger partial charge on any atom is -0.276 e. The number of hydrogen-bond donors (Lipinski definition) is 3. The van der Waals surface area contributed by atoms with Crippen LogP contribution < -0.4 is 16.8 Å². The fourth-order valence-corrected chi connectivity index (χ4v) is 0.428. The molecule has 0 amide bonds. The van der Waals surface area contributed by atoms with E-state index in [9.17, 15) is 0 Å². The lowest BCUT2D eigenvalue weighted by Crippen LogP contribution is -2.29. The summed E-state index contributed by atoms with van der Waals surface area (Å²) < 4.78 is 0. The Morgan fingerprint density at radius 3 is 2.56 bits per heavy atom. The molecule has 1 rings (SSSR count). The first-order chi connectivity index (χ1) is 4.43. The zero-order valence-electron chi connectivity index (χ0n) is 4.70. The van der Waals surface area contributed by atoms with Gasteiger partial charge in [-0.05, 0) is 6.07 Å². The number of nitrogens with two attached hydrogens (primary N) is 1. The molecule has 0 aromatic carbocycles. The van der Waals surface area contributed by atoms with Crippen molar-refractivity contribution in [2.45, 2.75) is 0 Å². The fraction of sp³-hybridized carbons (Fsp3) is 0. The van der Waals surface area contributed by atoms with E-state index in [1.165, 1.54) is 0 Å². The Hall–Kier alpha value is -1.20. The molecule has 5 heteroatoms. The van der Waals surface area contributed by atoms with Gasteiger partial charge in [0.25, 0.3) is 0 Å². The van der Waals surface area contributed by atoms with Crippen LogP contribution in [0.1, 0.15) is 0 Å². The number of aromatic nitrogens is 2. The van der Waals surface area contributed by atoms with Gasteiger partial charge in [0, 0.05) is 12.4 Å². The Kier molecular flexibility index (Phi) is 1.95. The van der Waals surface area contributed by atoms with Gasteiger partial charge >= 0.3 is 0 Å². The smallest absolute Gasteiger partial charge is 0.238 e. The third-order valence-electron chi connectivity index (χ3n) is 0.750. The molecule has 0 aliphatic heterocycles. The Bertz CT molecular complexity index is 162. The van der Waals surface area contributed by atoms with Crippen LogP contribution in [0.2, 0.25) is 0 Å². The zero-order chi connectivity index (χ0) is 6.53. The van der Waals surface area contributed by atoms with E-state index >= 15 is 0 Å². The second kappa shape index (κ2) is 2.95. The monoisotopic (exact) mass is 125 g/mol. The van der Waals surface area contributed by atoms with Gasteiger partial charge in [-0.3, -0.25) is 11.3 Å².